The minimum absolute atomic E-state index is 0.367. The van der Waals surface area contributed by atoms with E-state index in [1.54, 1.807) is 6.33 Å². The zero-order valence-electron chi connectivity index (χ0n) is 15.6. The third-order valence-electron chi connectivity index (χ3n) is 5.60. The molecule has 5 rings (SSSR count). The van der Waals surface area contributed by atoms with Gasteiger partial charge in [-0.3, -0.25) is 0 Å². The van der Waals surface area contributed by atoms with Gasteiger partial charge in [0.2, 0.25) is 0 Å². The second-order valence-electron chi connectivity index (χ2n) is 7.26. The number of anilines is 3. The molecule has 2 saturated heterocycles. The van der Waals surface area contributed by atoms with Gasteiger partial charge >= 0.3 is 0 Å². The number of aromatic nitrogens is 4. The quantitative estimate of drug-likeness (QED) is 0.693. The first-order valence-electron chi connectivity index (χ1n) is 9.75. The van der Waals surface area contributed by atoms with Crippen LogP contribution in [0.2, 0.25) is 0 Å². The lowest BCUT2D eigenvalue weighted by molar-refractivity contribution is 0.583. The van der Waals surface area contributed by atoms with Crippen LogP contribution < -0.4 is 14.7 Å². The molecule has 8 heteroatoms. The van der Waals surface area contributed by atoms with Crippen molar-refractivity contribution in [3.8, 4) is 0 Å². The molecule has 0 N–H and O–H groups in total. The van der Waals surface area contributed by atoms with Crippen LogP contribution in [0.15, 0.2) is 37.1 Å². The van der Waals surface area contributed by atoms with Crippen molar-refractivity contribution >= 4 is 28.2 Å². The third kappa shape index (κ3) is 3.08. The van der Waals surface area contributed by atoms with Gasteiger partial charge in [-0.25, -0.2) is 24.3 Å². The van der Waals surface area contributed by atoms with Gasteiger partial charge in [-0.05, 0) is 31.0 Å². The molecule has 2 aromatic heterocycles. The van der Waals surface area contributed by atoms with Crippen molar-refractivity contribution in [1.82, 2.24) is 19.9 Å². The van der Waals surface area contributed by atoms with Gasteiger partial charge < -0.3 is 14.7 Å². The first-order chi connectivity index (χ1) is 13.8. The maximum absolute atomic E-state index is 14.0. The Morgan fingerprint density at radius 2 is 1.46 bits per heavy atom. The Hall–Kier alpha value is -3.03. The minimum atomic E-state index is -0.367. The topological polar surface area (TPSA) is 61.3 Å². The largest absolute Gasteiger partial charge is 0.368 e. The first kappa shape index (κ1) is 17.1. The number of hydrogen-bond acceptors (Lipinski definition) is 7. The molecule has 2 aliphatic heterocycles. The average Bonchev–Trinajstić information content (AvgIpc) is 3.28. The predicted octanol–water partition coefficient (Wildman–Crippen LogP) is 2.49. The van der Waals surface area contributed by atoms with Crippen LogP contribution in [0.3, 0.4) is 0 Å². The van der Waals surface area contributed by atoms with Crippen LogP contribution >= 0.6 is 0 Å². The maximum Gasteiger partial charge on any atom is 0.183 e. The summed E-state index contributed by atoms with van der Waals surface area (Å²) >= 11 is 0. The number of halogens is 1. The van der Waals surface area contributed by atoms with Crippen molar-refractivity contribution in [2.45, 2.75) is 12.8 Å². The number of rotatable bonds is 3. The normalized spacial score (nSPS) is 17.5. The van der Waals surface area contributed by atoms with Crippen molar-refractivity contribution in [1.29, 1.82) is 0 Å². The van der Waals surface area contributed by atoms with E-state index in [0.717, 1.165) is 61.7 Å². The zero-order valence-corrected chi connectivity index (χ0v) is 15.6. The molecule has 0 radical (unpaired) electrons. The summed E-state index contributed by atoms with van der Waals surface area (Å²) in [6.07, 6.45) is 6.70. The highest BCUT2D eigenvalue weighted by Crippen LogP contribution is 2.30. The maximum atomic E-state index is 14.0. The monoisotopic (exact) mass is 379 g/mol. The molecule has 4 heterocycles. The summed E-state index contributed by atoms with van der Waals surface area (Å²) < 4.78 is 14.0. The van der Waals surface area contributed by atoms with Crippen LogP contribution in [0.4, 0.5) is 21.7 Å². The number of nitrogens with zero attached hydrogens (tertiary/aromatic N) is 7. The van der Waals surface area contributed by atoms with Crippen LogP contribution in [0.25, 0.3) is 10.9 Å². The van der Waals surface area contributed by atoms with Gasteiger partial charge in [0.05, 0.1) is 11.7 Å². The van der Waals surface area contributed by atoms with E-state index in [-0.39, 0.29) is 5.82 Å². The first-order valence-corrected chi connectivity index (χ1v) is 9.75. The van der Waals surface area contributed by atoms with Gasteiger partial charge in [0.25, 0.3) is 0 Å². The summed E-state index contributed by atoms with van der Waals surface area (Å²) in [4.78, 5) is 23.5. The van der Waals surface area contributed by atoms with Gasteiger partial charge in [0, 0.05) is 50.3 Å². The summed E-state index contributed by atoms with van der Waals surface area (Å²) in [6, 6.07) is 6.39. The Morgan fingerprint density at radius 3 is 2.25 bits per heavy atom. The molecule has 0 bridgehead atoms. The summed E-state index contributed by atoms with van der Waals surface area (Å²) in [5.74, 6) is 1.05. The standard InChI is InChI=1S/C20H22FN7/c21-17-12-22-13-24-20(17)28-9-7-26(8-10-28)15-3-4-18-16(11-15)19(25-14-23-18)27-5-1-2-6-27/h3-4,11-14H,1-2,5-10H2. The lowest BCUT2D eigenvalue weighted by Crippen LogP contribution is -2.47. The fraction of sp³-hybridized carbons (Fsp3) is 0.400. The van der Waals surface area contributed by atoms with E-state index in [1.807, 2.05) is 4.90 Å². The van der Waals surface area contributed by atoms with Crippen LogP contribution in [-0.4, -0.2) is 59.2 Å². The van der Waals surface area contributed by atoms with E-state index in [2.05, 4.69) is 47.9 Å². The second-order valence-corrected chi connectivity index (χ2v) is 7.26. The van der Waals surface area contributed by atoms with Gasteiger partial charge in [0.1, 0.15) is 18.5 Å². The fourth-order valence-electron chi connectivity index (χ4n) is 4.12. The number of hydrogen-bond donors (Lipinski definition) is 0. The van der Waals surface area contributed by atoms with Gasteiger partial charge in [-0.2, -0.15) is 0 Å². The van der Waals surface area contributed by atoms with Crippen LogP contribution in [0.5, 0.6) is 0 Å². The highest BCUT2D eigenvalue weighted by molar-refractivity contribution is 5.92. The van der Waals surface area contributed by atoms with Crippen molar-refractivity contribution < 1.29 is 4.39 Å². The van der Waals surface area contributed by atoms with Crippen LogP contribution in [-0.2, 0) is 0 Å². The Labute approximate surface area is 162 Å². The number of fused-ring (bicyclic) bond motifs is 1. The summed E-state index contributed by atoms with van der Waals surface area (Å²) in [5.41, 5.74) is 2.13. The van der Waals surface area contributed by atoms with E-state index >= 15 is 0 Å². The fourth-order valence-corrected chi connectivity index (χ4v) is 4.12. The lowest BCUT2D eigenvalue weighted by Gasteiger charge is -2.36. The molecule has 0 spiro atoms. The molecule has 2 aliphatic rings. The molecular formula is C20H22FN7. The lowest BCUT2D eigenvalue weighted by atomic mass is 10.1. The molecule has 7 nitrogen and oxygen atoms in total. The molecule has 0 unspecified atom stereocenters. The zero-order chi connectivity index (χ0) is 18.9. The van der Waals surface area contributed by atoms with Gasteiger partial charge in [-0.15, -0.1) is 0 Å². The Bertz CT molecular complexity index is 981. The molecule has 28 heavy (non-hydrogen) atoms. The minimum Gasteiger partial charge on any atom is -0.368 e. The van der Waals surface area contributed by atoms with E-state index in [9.17, 15) is 4.39 Å². The van der Waals surface area contributed by atoms with Crippen molar-refractivity contribution in [3.63, 3.8) is 0 Å². The van der Waals surface area contributed by atoms with Crippen molar-refractivity contribution in [3.05, 3.63) is 42.9 Å². The van der Waals surface area contributed by atoms with Crippen LogP contribution in [0, 0.1) is 5.82 Å². The SMILES string of the molecule is Fc1cncnc1N1CCN(c2ccc3ncnc(N4CCCC4)c3c2)CC1. The molecule has 2 fully saturated rings. The van der Waals surface area contributed by atoms with Gasteiger partial charge in [0.15, 0.2) is 11.6 Å². The Kier molecular flexibility index (Phi) is 4.38. The third-order valence-corrected chi connectivity index (χ3v) is 5.60. The van der Waals surface area contributed by atoms with Crippen LogP contribution in [0.1, 0.15) is 12.8 Å². The summed E-state index contributed by atoms with van der Waals surface area (Å²) in [5, 5.41) is 1.10. The Morgan fingerprint density at radius 1 is 0.750 bits per heavy atom. The summed E-state index contributed by atoms with van der Waals surface area (Å²) in [7, 11) is 0. The second kappa shape index (κ2) is 7.18. The summed E-state index contributed by atoms with van der Waals surface area (Å²) in [6.45, 7) is 5.16. The smallest absolute Gasteiger partial charge is 0.183 e. The van der Waals surface area contributed by atoms with E-state index in [1.165, 1.54) is 25.4 Å². The van der Waals surface area contributed by atoms with Gasteiger partial charge in [-0.1, -0.05) is 0 Å². The Balaban J connectivity index is 1.38. The van der Waals surface area contributed by atoms with E-state index in [0.29, 0.717) is 5.82 Å². The molecule has 0 atom stereocenters. The molecule has 0 aliphatic carbocycles. The average molecular weight is 379 g/mol. The van der Waals surface area contributed by atoms with Crippen molar-refractivity contribution in [2.24, 2.45) is 0 Å². The molecule has 0 saturated carbocycles. The molecule has 3 aromatic rings. The van der Waals surface area contributed by atoms with Crippen molar-refractivity contribution in [2.75, 3.05) is 54.0 Å². The highest BCUT2D eigenvalue weighted by Gasteiger charge is 2.22. The van der Waals surface area contributed by atoms with E-state index < -0.39 is 0 Å². The molecule has 1 aromatic carbocycles. The molecular weight excluding hydrogens is 357 g/mol. The number of piperazine rings is 1. The predicted molar refractivity (Wildman–Crippen MR) is 107 cm³/mol. The number of benzene rings is 1. The van der Waals surface area contributed by atoms with E-state index in [4.69, 9.17) is 0 Å². The molecule has 144 valence electrons. The molecule has 0 amide bonds. The highest BCUT2D eigenvalue weighted by atomic mass is 19.1.